The van der Waals surface area contributed by atoms with Crippen molar-refractivity contribution in [1.82, 2.24) is 5.43 Å². The Bertz CT molecular complexity index is 1100. The van der Waals surface area contributed by atoms with Gasteiger partial charge < -0.3 is 9.47 Å². The Labute approximate surface area is 186 Å². The fourth-order valence-corrected chi connectivity index (χ4v) is 3.02. The minimum absolute atomic E-state index is 0.286. The van der Waals surface area contributed by atoms with Gasteiger partial charge in [0.25, 0.3) is 5.91 Å². The molecule has 8 heteroatoms. The quantitative estimate of drug-likeness (QED) is 0.227. The number of nitrogens with zero attached hydrogens (tertiary/aromatic N) is 1. The van der Waals surface area contributed by atoms with Crippen molar-refractivity contribution in [3.05, 3.63) is 92.9 Å². The molecule has 0 aliphatic carbocycles. The molecule has 0 aliphatic rings. The maximum absolute atomic E-state index is 12.4. The summed E-state index contributed by atoms with van der Waals surface area (Å²) in [6.07, 6.45) is 1.39. The van der Waals surface area contributed by atoms with Crippen molar-refractivity contribution in [3.8, 4) is 11.5 Å². The van der Waals surface area contributed by atoms with Gasteiger partial charge in [0.05, 0.1) is 24.5 Å². The molecule has 3 rings (SSSR count). The Morgan fingerprint density at radius 3 is 2.50 bits per heavy atom. The molecule has 0 aromatic heterocycles. The average molecular weight is 488 g/mol. The number of carbonyl (C=O) groups is 2. The largest absolute Gasteiger partial charge is 0.496 e. The molecule has 3 aromatic carbocycles. The van der Waals surface area contributed by atoms with E-state index >= 15 is 0 Å². The minimum atomic E-state index is -0.540. The molecule has 1 N–H and O–H groups in total. The first-order valence-electron chi connectivity index (χ1n) is 8.71. The van der Waals surface area contributed by atoms with Crippen LogP contribution in [0.15, 0.2) is 76.3 Å². The molecule has 0 radical (unpaired) electrons. The molecular formula is C22H16BrClN2O4. The lowest BCUT2D eigenvalue weighted by Gasteiger charge is -2.09. The number of nitrogens with one attached hydrogen (secondary N) is 1. The molecule has 0 saturated carbocycles. The van der Waals surface area contributed by atoms with Crippen LogP contribution in [0.1, 0.15) is 26.3 Å². The fourth-order valence-electron chi connectivity index (χ4n) is 2.51. The highest BCUT2D eigenvalue weighted by atomic mass is 79.9. The zero-order valence-electron chi connectivity index (χ0n) is 15.8. The molecular weight excluding hydrogens is 472 g/mol. The summed E-state index contributed by atoms with van der Waals surface area (Å²) in [4.78, 5) is 24.7. The Balaban J connectivity index is 1.75. The predicted octanol–water partition coefficient (Wildman–Crippen LogP) is 5.09. The van der Waals surface area contributed by atoms with Gasteiger partial charge in [-0.05, 0) is 54.6 Å². The summed E-state index contributed by atoms with van der Waals surface area (Å²) in [5, 5.41) is 4.50. The second-order valence-electron chi connectivity index (χ2n) is 5.98. The van der Waals surface area contributed by atoms with Gasteiger partial charge in [-0.3, -0.25) is 4.79 Å². The van der Waals surface area contributed by atoms with Crippen LogP contribution >= 0.6 is 27.5 Å². The number of hydrogen-bond donors (Lipinski definition) is 1. The summed E-state index contributed by atoms with van der Waals surface area (Å²) >= 11 is 9.22. The van der Waals surface area contributed by atoms with E-state index in [1.165, 1.54) is 13.3 Å². The first-order chi connectivity index (χ1) is 14.5. The zero-order chi connectivity index (χ0) is 21.5. The van der Waals surface area contributed by atoms with E-state index in [9.17, 15) is 9.59 Å². The van der Waals surface area contributed by atoms with Crippen molar-refractivity contribution < 1.29 is 19.1 Å². The molecule has 0 aliphatic heterocycles. The van der Waals surface area contributed by atoms with Crippen LogP contribution in [0.25, 0.3) is 0 Å². The number of esters is 1. The average Bonchev–Trinajstić information content (AvgIpc) is 2.75. The molecule has 6 nitrogen and oxygen atoms in total. The van der Waals surface area contributed by atoms with Gasteiger partial charge in [0.2, 0.25) is 0 Å². The number of rotatable bonds is 6. The standard InChI is InChI=1S/C22H16BrClN2O4/c1-29-20-5-3-2-4-18(20)21(27)26-25-13-15-12-16(23)8-11-19(15)30-22(28)14-6-9-17(24)10-7-14/h2-13H,1H3,(H,26,27)/b25-13-. The van der Waals surface area contributed by atoms with Crippen molar-refractivity contribution in [3.63, 3.8) is 0 Å². The van der Waals surface area contributed by atoms with Crippen molar-refractivity contribution >= 4 is 45.6 Å². The van der Waals surface area contributed by atoms with Gasteiger partial charge in [0, 0.05) is 15.1 Å². The third-order valence-corrected chi connectivity index (χ3v) is 4.72. The Morgan fingerprint density at radius 1 is 1.03 bits per heavy atom. The van der Waals surface area contributed by atoms with Gasteiger partial charge in [-0.2, -0.15) is 5.10 Å². The van der Waals surface area contributed by atoms with Crippen LogP contribution in [-0.2, 0) is 0 Å². The highest BCUT2D eigenvalue weighted by molar-refractivity contribution is 9.10. The maximum Gasteiger partial charge on any atom is 0.343 e. The van der Waals surface area contributed by atoms with Crippen molar-refractivity contribution in [2.75, 3.05) is 7.11 Å². The van der Waals surface area contributed by atoms with E-state index in [4.69, 9.17) is 21.1 Å². The lowest BCUT2D eigenvalue weighted by atomic mass is 10.2. The molecule has 3 aromatic rings. The van der Waals surface area contributed by atoms with Gasteiger partial charge >= 0.3 is 5.97 Å². The Morgan fingerprint density at radius 2 is 1.77 bits per heavy atom. The van der Waals surface area contributed by atoms with Gasteiger partial charge in [-0.25, -0.2) is 10.2 Å². The zero-order valence-corrected chi connectivity index (χ0v) is 18.1. The summed E-state index contributed by atoms with van der Waals surface area (Å²) in [6.45, 7) is 0. The number of amides is 1. The molecule has 30 heavy (non-hydrogen) atoms. The predicted molar refractivity (Wildman–Crippen MR) is 119 cm³/mol. The Kier molecular flexibility index (Phi) is 7.21. The summed E-state index contributed by atoms with van der Waals surface area (Å²) < 4.78 is 11.4. The summed E-state index contributed by atoms with van der Waals surface area (Å²) in [7, 11) is 1.48. The molecule has 0 unspecified atom stereocenters. The van der Waals surface area contributed by atoms with Crippen LogP contribution in [0, 0.1) is 0 Å². The highest BCUT2D eigenvalue weighted by Gasteiger charge is 2.13. The van der Waals surface area contributed by atoms with Gasteiger partial charge in [0.15, 0.2) is 0 Å². The topological polar surface area (TPSA) is 77.0 Å². The van der Waals surface area contributed by atoms with Gasteiger partial charge in [-0.1, -0.05) is 39.7 Å². The van der Waals surface area contributed by atoms with E-state index in [-0.39, 0.29) is 5.75 Å². The Hall–Kier alpha value is -3.16. The van der Waals surface area contributed by atoms with Crippen LogP contribution in [0.5, 0.6) is 11.5 Å². The second-order valence-corrected chi connectivity index (χ2v) is 7.33. The number of ether oxygens (including phenoxy) is 2. The van der Waals surface area contributed by atoms with Crippen LogP contribution in [0.3, 0.4) is 0 Å². The summed E-state index contributed by atoms with van der Waals surface area (Å²) in [5.41, 5.74) is 3.64. The van der Waals surface area contributed by atoms with E-state index in [0.29, 0.717) is 27.5 Å². The lowest BCUT2D eigenvalue weighted by molar-refractivity contribution is 0.0734. The molecule has 152 valence electrons. The first-order valence-corrected chi connectivity index (χ1v) is 9.89. The number of hydrogen-bond acceptors (Lipinski definition) is 5. The van der Waals surface area contributed by atoms with Crippen molar-refractivity contribution in [2.45, 2.75) is 0 Å². The lowest BCUT2D eigenvalue weighted by Crippen LogP contribution is -2.18. The monoisotopic (exact) mass is 486 g/mol. The summed E-state index contributed by atoms with van der Waals surface area (Å²) in [6, 6.07) is 18.2. The van der Waals surface area contributed by atoms with Gasteiger partial charge in [0.1, 0.15) is 11.5 Å². The third kappa shape index (κ3) is 5.46. The van der Waals surface area contributed by atoms with Crippen LogP contribution in [0.2, 0.25) is 5.02 Å². The SMILES string of the molecule is COc1ccccc1C(=O)N/N=C\c1cc(Br)ccc1OC(=O)c1ccc(Cl)cc1. The number of halogens is 2. The first kappa shape index (κ1) is 21.5. The van der Waals surface area contributed by atoms with Crippen LogP contribution in [-0.4, -0.2) is 25.2 Å². The van der Waals surface area contributed by atoms with Gasteiger partial charge in [-0.15, -0.1) is 0 Å². The number of benzene rings is 3. The number of methoxy groups -OCH3 is 1. The number of hydrazone groups is 1. The minimum Gasteiger partial charge on any atom is -0.496 e. The molecule has 0 saturated heterocycles. The van der Waals surface area contributed by atoms with E-state index in [0.717, 1.165) is 4.47 Å². The number of carbonyl (C=O) groups excluding carboxylic acids is 2. The van der Waals surface area contributed by atoms with Crippen molar-refractivity contribution in [2.24, 2.45) is 5.10 Å². The second kappa shape index (κ2) is 10.0. The van der Waals surface area contributed by atoms with Crippen LogP contribution in [0.4, 0.5) is 0 Å². The van der Waals surface area contributed by atoms with E-state index < -0.39 is 11.9 Å². The number of para-hydroxylation sites is 1. The van der Waals surface area contributed by atoms with E-state index in [1.807, 2.05) is 0 Å². The molecule has 0 heterocycles. The molecule has 0 atom stereocenters. The molecule has 0 bridgehead atoms. The molecule has 1 amide bonds. The highest BCUT2D eigenvalue weighted by Crippen LogP contribution is 2.23. The summed E-state index contributed by atoms with van der Waals surface area (Å²) in [5.74, 6) is -0.251. The van der Waals surface area contributed by atoms with Crippen molar-refractivity contribution in [1.29, 1.82) is 0 Å². The molecule has 0 fully saturated rings. The third-order valence-electron chi connectivity index (χ3n) is 3.98. The molecule has 0 spiro atoms. The van der Waals surface area contributed by atoms with Crippen LogP contribution < -0.4 is 14.9 Å². The normalized spacial score (nSPS) is 10.6. The fraction of sp³-hybridized carbons (Fsp3) is 0.0455. The van der Waals surface area contributed by atoms with E-state index in [2.05, 4.69) is 26.5 Å². The smallest absolute Gasteiger partial charge is 0.343 e. The van der Waals surface area contributed by atoms with E-state index in [1.54, 1.807) is 66.7 Å². The maximum atomic E-state index is 12.4.